The van der Waals surface area contributed by atoms with E-state index in [1.54, 1.807) is 26.0 Å². The summed E-state index contributed by atoms with van der Waals surface area (Å²) in [6.45, 7) is 2.54. The summed E-state index contributed by atoms with van der Waals surface area (Å²) in [5.41, 5.74) is 5.58. The van der Waals surface area contributed by atoms with Gasteiger partial charge in [-0.15, -0.1) is 11.8 Å². The number of thioether (sulfide) groups is 1. The Hall–Kier alpha value is -1.40. The number of hydrogen-bond acceptors (Lipinski definition) is 5. The first-order valence-corrected chi connectivity index (χ1v) is 8.87. The molecule has 128 valence electrons. The summed E-state index contributed by atoms with van der Waals surface area (Å²) in [6.07, 6.45) is 2.80. The number of carbonyl (C=O) groups is 1. The molecule has 1 fully saturated rings. The number of methoxy groups -OCH3 is 2. The Morgan fingerprint density at radius 1 is 1.35 bits per heavy atom. The van der Waals surface area contributed by atoms with Crippen LogP contribution in [0.4, 0.5) is 0 Å². The minimum Gasteiger partial charge on any atom is -0.493 e. The standard InChI is InChI=1S/C17H26N2O3S/c1-17(11-18,12-4-5-12)19-16(20)8-9-23-13-6-7-14(21-2)15(10-13)22-3/h6-7,10,12H,4-5,8-9,11,18H2,1-3H3,(H,19,20). The fourth-order valence-electron chi connectivity index (χ4n) is 2.59. The van der Waals surface area contributed by atoms with E-state index in [2.05, 4.69) is 5.32 Å². The van der Waals surface area contributed by atoms with Gasteiger partial charge in [-0.1, -0.05) is 0 Å². The Kier molecular flexibility index (Phi) is 6.18. The van der Waals surface area contributed by atoms with Crippen LogP contribution in [0.5, 0.6) is 11.5 Å². The van der Waals surface area contributed by atoms with Gasteiger partial charge in [0.05, 0.1) is 19.8 Å². The van der Waals surface area contributed by atoms with Crippen molar-refractivity contribution >= 4 is 17.7 Å². The third kappa shape index (κ3) is 4.78. The van der Waals surface area contributed by atoms with Crippen LogP contribution in [-0.2, 0) is 4.79 Å². The van der Waals surface area contributed by atoms with E-state index in [1.807, 2.05) is 25.1 Å². The Bertz CT molecular complexity index is 549. The van der Waals surface area contributed by atoms with Gasteiger partial charge in [0.1, 0.15) is 0 Å². The van der Waals surface area contributed by atoms with Gasteiger partial charge in [0.2, 0.25) is 5.91 Å². The van der Waals surface area contributed by atoms with Crippen LogP contribution in [0, 0.1) is 5.92 Å². The van der Waals surface area contributed by atoms with Crippen LogP contribution in [0.2, 0.25) is 0 Å². The van der Waals surface area contributed by atoms with Gasteiger partial charge in [0, 0.05) is 23.6 Å². The number of rotatable bonds is 9. The number of amides is 1. The van der Waals surface area contributed by atoms with Gasteiger partial charge < -0.3 is 20.5 Å². The summed E-state index contributed by atoms with van der Waals surface area (Å²) < 4.78 is 10.5. The van der Waals surface area contributed by atoms with Crippen LogP contribution in [0.15, 0.2) is 23.1 Å². The summed E-state index contributed by atoms with van der Waals surface area (Å²) in [7, 11) is 3.23. The van der Waals surface area contributed by atoms with E-state index >= 15 is 0 Å². The number of ether oxygens (including phenoxy) is 2. The van der Waals surface area contributed by atoms with Crippen molar-refractivity contribution in [2.75, 3.05) is 26.5 Å². The number of nitrogens with two attached hydrogens (primary N) is 1. The van der Waals surface area contributed by atoms with Crippen LogP contribution in [0.3, 0.4) is 0 Å². The van der Waals surface area contributed by atoms with Crippen molar-refractivity contribution in [1.29, 1.82) is 0 Å². The lowest BCUT2D eigenvalue weighted by Crippen LogP contribution is -2.53. The molecule has 0 spiro atoms. The Balaban J connectivity index is 1.81. The molecule has 0 saturated heterocycles. The topological polar surface area (TPSA) is 73.6 Å². The average molecular weight is 338 g/mol. The van der Waals surface area contributed by atoms with Gasteiger partial charge >= 0.3 is 0 Å². The molecule has 1 aromatic carbocycles. The molecule has 0 aromatic heterocycles. The fraction of sp³-hybridized carbons (Fsp3) is 0.588. The van der Waals surface area contributed by atoms with Crippen molar-refractivity contribution in [2.45, 2.75) is 36.6 Å². The fourth-order valence-corrected chi connectivity index (χ4v) is 3.47. The summed E-state index contributed by atoms with van der Waals surface area (Å²) in [6, 6.07) is 5.77. The van der Waals surface area contributed by atoms with E-state index in [1.165, 1.54) is 0 Å². The highest BCUT2D eigenvalue weighted by Crippen LogP contribution is 2.39. The number of carbonyl (C=O) groups excluding carboxylic acids is 1. The highest BCUT2D eigenvalue weighted by atomic mass is 32.2. The van der Waals surface area contributed by atoms with E-state index in [0.717, 1.165) is 17.7 Å². The Morgan fingerprint density at radius 2 is 2.04 bits per heavy atom. The second kappa shape index (κ2) is 7.93. The maximum absolute atomic E-state index is 12.1. The lowest BCUT2D eigenvalue weighted by molar-refractivity contribution is -0.122. The minimum atomic E-state index is -0.245. The SMILES string of the molecule is COc1ccc(SCCC(=O)NC(C)(CN)C2CC2)cc1OC. The predicted molar refractivity (Wildman–Crippen MR) is 93.2 cm³/mol. The molecule has 1 amide bonds. The summed E-state index contributed by atoms with van der Waals surface area (Å²) >= 11 is 1.63. The number of benzene rings is 1. The molecule has 1 aliphatic carbocycles. The van der Waals surface area contributed by atoms with Crippen LogP contribution in [0.25, 0.3) is 0 Å². The lowest BCUT2D eigenvalue weighted by Gasteiger charge is -2.29. The third-order valence-corrected chi connectivity index (χ3v) is 5.28. The van der Waals surface area contributed by atoms with E-state index < -0.39 is 0 Å². The highest BCUT2D eigenvalue weighted by Gasteiger charge is 2.41. The maximum Gasteiger partial charge on any atom is 0.221 e. The van der Waals surface area contributed by atoms with Crippen molar-refractivity contribution in [3.63, 3.8) is 0 Å². The molecule has 23 heavy (non-hydrogen) atoms. The third-order valence-electron chi connectivity index (χ3n) is 4.28. The molecular formula is C17H26N2O3S. The maximum atomic E-state index is 12.1. The van der Waals surface area contributed by atoms with Crippen molar-refractivity contribution in [3.8, 4) is 11.5 Å². The molecule has 2 rings (SSSR count). The summed E-state index contributed by atoms with van der Waals surface area (Å²) in [4.78, 5) is 13.2. The molecule has 1 atom stereocenters. The summed E-state index contributed by atoms with van der Waals surface area (Å²) in [5.74, 6) is 2.73. The zero-order valence-corrected chi connectivity index (χ0v) is 14.9. The number of hydrogen-bond donors (Lipinski definition) is 2. The Morgan fingerprint density at radius 3 is 2.61 bits per heavy atom. The molecule has 0 heterocycles. The molecule has 0 radical (unpaired) electrons. The van der Waals surface area contributed by atoms with Gasteiger partial charge in [0.15, 0.2) is 11.5 Å². The smallest absolute Gasteiger partial charge is 0.221 e. The van der Waals surface area contributed by atoms with Crippen molar-refractivity contribution in [1.82, 2.24) is 5.32 Å². The van der Waals surface area contributed by atoms with Crippen molar-refractivity contribution in [3.05, 3.63) is 18.2 Å². The monoisotopic (exact) mass is 338 g/mol. The van der Waals surface area contributed by atoms with E-state index in [4.69, 9.17) is 15.2 Å². The van der Waals surface area contributed by atoms with Crippen molar-refractivity contribution < 1.29 is 14.3 Å². The largest absolute Gasteiger partial charge is 0.493 e. The first-order chi connectivity index (χ1) is 11.0. The van der Waals surface area contributed by atoms with Crippen LogP contribution in [0.1, 0.15) is 26.2 Å². The van der Waals surface area contributed by atoms with E-state index in [0.29, 0.717) is 36.1 Å². The first-order valence-electron chi connectivity index (χ1n) is 7.88. The second-order valence-corrected chi connectivity index (χ2v) is 7.23. The summed E-state index contributed by atoms with van der Waals surface area (Å²) in [5, 5.41) is 3.11. The molecular weight excluding hydrogens is 312 g/mol. The highest BCUT2D eigenvalue weighted by molar-refractivity contribution is 7.99. The van der Waals surface area contributed by atoms with Gasteiger partial charge in [-0.3, -0.25) is 4.79 Å². The second-order valence-electron chi connectivity index (χ2n) is 6.06. The zero-order chi connectivity index (χ0) is 16.9. The molecule has 1 saturated carbocycles. The van der Waals surface area contributed by atoms with Gasteiger partial charge in [-0.2, -0.15) is 0 Å². The Labute approximate surface area is 142 Å². The molecule has 6 heteroatoms. The van der Waals surface area contributed by atoms with Crippen molar-refractivity contribution in [2.24, 2.45) is 11.7 Å². The number of nitrogens with one attached hydrogen (secondary N) is 1. The van der Waals surface area contributed by atoms with Crippen LogP contribution in [-0.4, -0.2) is 38.0 Å². The van der Waals surface area contributed by atoms with Crippen LogP contribution < -0.4 is 20.5 Å². The molecule has 5 nitrogen and oxygen atoms in total. The first kappa shape index (κ1) is 17.9. The molecule has 3 N–H and O–H groups in total. The molecule has 0 bridgehead atoms. The lowest BCUT2D eigenvalue weighted by atomic mass is 9.96. The minimum absolute atomic E-state index is 0.0674. The molecule has 1 aromatic rings. The quantitative estimate of drug-likeness (QED) is 0.677. The normalized spacial score (nSPS) is 16.5. The van der Waals surface area contributed by atoms with E-state index in [9.17, 15) is 4.79 Å². The average Bonchev–Trinajstić information content (AvgIpc) is 3.39. The predicted octanol–water partition coefficient (Wildman–Crippen LogP) is 2.43. The van der Waals surface area contributed by atoms with Gasteiger partial charge in [-0.05, 0) is 43.9 Å². The van der Waals surface area contributed by atoms with Gasteiger partial charge in [-0.25, -0.2) is 0 Å². The molecule has 1 unspecified atom stereocenters. The molecule has 1 aliphatic rings. The van der Waals surface area contributed by atoms with E-state index in [-0.39, 0.29) is 11.4 Å². The zero-order valence-electron chi connectivity index (χ0n) is 14.1. The van der Waals surface area contributed by atoms with Gasteiger partial charge in [0.25, 0.3) is 0 Å². The molecule has 0 aliphatic heterocycles. The van der Waals surface area contributed by atoms with Crippen LogP contribution >= 0.6 is 11.8 Å².